The maximum Gasteiger partial charge on any atom is 0.491 e. The van der Waals surface area contributed by atoms with Crippen LogP contribution in [0.4, 0.5) is 23.4 Å². The summed E-state index contributed by atoms with van der Waals surface area (Å²) in [6, 6.07) is 10.7. The van der Waals surface area contributed by atoms with Crippen molar-refractivity contribution in [1.82, 2.24) is 14.5 Å². The second-order valence-corrected chi connectivity index (χ2v) is 7.47. The Morgan fingerprint density at radius 1 is 1.09 bits per heavy atom. The molecule has 0 atom stereocenters. The lowest BCUT2D eigenvalue weighted by Crippen LogP contribution is -2.30. The van der Waals surface area contributed by atoms with E-state index in [2.05, 4.69) is 20.0 Å². The van der Waals surface area contributed by atoms with Crippen LogP contribution in [-0.2, 0) is 11.3 Å². The second kappa shape index (κ2) is 8.01. The molecule has 1 N–H and O–H groups in total. The molecule has 0 bridgehead atoms. The number of nitrogens with one attached hydrogen (secondary N) is 1. The van der Waals surface area contributed by atoms with Gasteiger partial charge in [0.25, 0.3) is 5.56 Å². The predicted octanol–water partition coefficient (Wildman–Crippen LogP) is 3.54. The van der Waals surface area contributed by atoms with Gasteiger partial charge in [-0.05, 0) is 36.4 Å². The van der Waals surface area contributed by atoms with E-state index in [1.807, 2.05) is 0 Å². The van der Waals surface area contributed by atoms with Crippen molar-refractivity contribution in [3.05, 3.63) is 87.9 Å². The Kier molecular flexibility index (Phi) is 5.08. The van der Waals surface area contributed by atoms with Crippen LogP contribution in [-0.4, -0.2) is 32.5 Å². The van der Waals surface area contributed by atoms with Crippen molar-refractivity contribution in [3.63, 3.8) is 0 Å². The third-order valence-electron chi connectivity index (χ3n) is 5.27. The molecule has 2 aromatic heterocycles. The number of fused-ring (bicyclic) bond motifs is 4. The van der Waals surface area contributed by atoms with Gasteiger partial charge in [0.1, 0.15) is 17.0 Å². The van der Waals surface area contributed by atoms with Gasteiger partial charge in [-0.15, -0.1) is 0 Å². The Balaban J connectivity index is 1.72. The molecule has 0 amide bonds. The molecular formula is C23H12F4N4O4. The number of hydrogen-bond acceptors (Lipinski definition) is 7. The van der Waals surface area contributed by atoms with E-state index in [-0.39, 0.29) is 34.7 Å². The lowest BCUT2D eigenvalue weighted by Gasteiger charge is -2.15. The minimum absolute atomic E-state index is 0.0101. The first-order chi connectivity index (χ1) is 16.6. The number of esters is 1. The van der Waals surface area contributed by atoms with Gasteiger partial charge in [-0.25, -0.2) is 19.2 Å². The van der Waals surface area contributed by atoms with Crippen LogP contribution in [0.5, 0.6) is 5.75 Å². The Bertz CT molecular complexity index is 1580. The molecule has 0 saturated carbocycles. The molecule has 1 aliphatic heterocycles. The van der Waals surface area contributed by atoms with E-state index in [0.717, 1.165) is 16.7 Å². The number of carbonyl (C=O) groups excluding carboxylic acids is 2. The highest BCUT2D eigenvalue weighted by Gasteiger charge is 2.42. The molecule has 3 heterocycles. The lowest BCUT2D eigenvalue weighted by molar-refractivity contribution is -0.189. The third-order valence-corrected chi connectivity index (χ3v) is 5.27. The summed E-state index contributed by atoms with van der Waals surface area (Å²) in [5.41, 5.74) is -1.21. The average molecular weight is 484 g/mol. The quantitative estimate of drug-likeness (QED) is 0.236. The molecule has 1 aliphatic rings. The van der Waals surface area contributed by atoms with Crippen LogP contribution in [0.1, 0.15) is 21.7 Å². The smallest absolute Gasteiger partial charge is 0.419 e. The minimum atomic E-state index is -5.34. The topological polar surface area (TPSA) is 103 Å². The summed E-state index contributed by atoms with van der Waals surface area (Å²) >= 11 is 0. The molecule has 35 heavy (non-hydrogen) atoms. The molecule has 12 heteroatoms. The largest absolute Gasteiger partial charge is 0.491 e. The standard InChI is InChI=1S/C23H12F4N4O4/c24-12-5-7-15-13(9-12)18(32)20-30-14-6-4-11(10-29-16-3-1-2-8-28-16)19(17(14)21(33)31(15)20)35-22(34)23(25,26)27/h1-9H,10H2,(H,28,29). The Morgan fingerprint density at radius 3 is 2.60 bits per heavy atom. The summed E-state index contributed by atoms with van der Waals surface area (Å²) in [6.07, 6.45) is -3.85. The summed E-state index contributed by atoms with van der Waals surface area (Å²) in [5, 5.41) is 2.42. The highest BCUT2D eigenvalue weighted by atomic mass is 19.4. The molecular weight excluding hydrogens is 472 g/mol. The number of hydrogen-bond donors (Lipinski definition) is 1. The van der Waals surface area contributed by atoms with Crippen molar-refractivity contribution < 1.29 is 31.9 Å². The lowest BCUT2D eigenvalue weighted by atomic mass is 10.1. The molecule has 0 radical (unpaired) electrons. The average Bonchev–Trinajstić information content (AvgIpc) is 3.10. The van der Waals surface area contributed by atoms with Gasteiger partial charge in [-0.2, -0.15) is 13.2 Å². The van der Waals surface area contributed by atoms with Crippen LogP contribution in [0.15, 0.2) is 59.5 Å². The van der Waals surface area contributed by atoms with Crippen LogP contribution >= 0.6 is 0 Å². The van der Waals surface area contributed by atoms with Crippen molar-refractivity contribution in [2.45, 2.75) is 12.7 Å². The molecule has 0 aliphatic carbocycles. The fourth-order valence-corrected chi connectivity index (χ4v) is 3.73. The van der Waals surface area contributed by atoms with E-state index < -0.39 is 40.4 Å². The third kappa shape index (κ3) is 3.78. The molecule has 8 nitrogen and oxygen atoms in total. The van der Waals surface area contributed by atoms with Crippen molar-refractivity contribution in [2.24, 2.45) is 0 Å². The number of aromatic nitrogens is 3. The first-order valence-electron chi connectivity index (χ1n) is 10.0. The fraction of sp³-hybridized carbons (Fsp3) is 0.0870. The van der Waals surface area contributed by atoms with Crippen molar-refractivity contribution in [3.8, 4) is 11.4 Å². The summed E-state index contributed by atoms with van der Waals surface area (Å²) in [4.78, 5) is 46.1. The zero-order valence-corrected chi connectivity index (χ0v) is 17.4. The molecule has 0 spiro atoms. The van der Waals surface area contributed by atoms with Gasteiger partial charge in [-0.3, -0.25) is 14.2 Å². The van der Waals surface area contributed by atoms with E-state index in [4.69, 9.17) is 0 Å². The number of ketones is 1. The number of nitrogens with zero attached hydrogens (tertiary/aromatic N) is 3. The zero-order chi connectivity index (χ0) is 24.9. The fourth-order valence-electron chi connectivity index (χ4n) is 3.73. The van der Waals surface area contributed by atoms with Crippen LogP contribution in [0.2, 0.25) is 0 Å². The monoisotopic (exact) mass is 484 g/mol. The van der Waals surface area contributed by atoms with E-state index in [1.165, 1.54) is 24.4 Å². The van der Waals surface area contributed by atoms with Crippen molar-refractivity contribution in [1.29, 1.82) is 0 Å². The summed E-state index contributed by atoms with van der Waals surface area (Å²) in [7, 11) is 0. The molecule has 0 fully saturated rings. The predicted molar refractivity (Wildman–Crippen MR) is 114 cm³/mol. The second-order valence-electron chi connectivity index (χ2n) is 7.47. The summed E-state index contributed by atoms with van der Waals surface area (Å²) < 4.78 is 58.4. The Labute approximate surface area is 192 Å². The highest BCUT2D eigenvalue weighted by molar-refractivity contribution is 6.13. The number of benzene rings is 2. The van der Waals surface area contributed by atoms with E-state index >= 15 is 0 Å². The number of anilines is 1. The normalized spacial score (nSPS) is 12.4. The number of pyridine rings is 1. The van der Waals surface area contributed by atoms with Gasteiger partial charge in [0, 0.05) is 18.3 Å². The molecule has 5 rings (SSSR count). The van der Waals surface area contributed by atoms with Crippen molar-refractivity contribution in [2.75, 3.05) is 5.32 Å². The number of halogens is 4. The number of ether oxygens (including phenoxy) is 1. The van der Waals surface area contributed by atoms with Crippen LogP contribution in [0.25, 0.3) is 16.6 Å². The van der Waals surface area contributed by atoms with Gasteiger partial charge in [0.2, 0.25) is 5.78 Å². The van der Waals surface area contributed by atoms with Gasteiger partial charge >= 0.3 is 12.1 Å². The van der Waals surface area contributed by atoms with Gasteiger partial charge in [-0.1, -0.05) is 12.1 Å². The van der Waals surface area contributed by atoms with Crippen LogP contribution in [0, 0.1) is 5.82 Å². The zero-order valence-electron chi connectivity index (χ0n) is 17.4. The van der Waals surface area contributed by atoms with E-state index in [0.29, 0.717) is 5.82 Å². The first-order valence-corrected chi connectivity index (χ1v) is 10.0. The SMILES string of the molecule is O=C1c2cc(F)ccc2-n2c1nc1ccc(CNc3ccccn3)c(OC(=O)C(F)(F)F)c1c2=O. The minimum Gasteiger partial charge on any atom is -0.419 e. The maximum atomic E-state index is 13.7. The number of carbonyl (C=O) groups is 2. The molecule has 4 aromatic rings. The molecule has 2 aromatic carbocycles. The molecule has 0 saturated heterocycles. The summed E-state index contributed by atoms with van der Waals surface area (Å²) in [5.74, 6) is -4.60. The Hall–Kier alpha value is -4.61. The van der Waals surface area contributed by atoms with Gasteiger partial charge in [0.15, 0.2) is 11.6 Å². The number of alkyl halides is 3. The van der Waals surface area contributed by atoms with Crippen LogP contribution < -0.4 is 15.6 Å². The molecule has 176 valence electrons. The summed E-state index contributed by atoms with van der Waals surface area (Å²) in [6.45, 7) is -0.157. The van der Waals surface area contributed by atoms with Crippen molar-refractivity contribution >= 4 is 28.5 Å². The van der Waals surface area contributed by atoms with E-state index in [1.54, 1.807) is 18.2 Å². The first kappa shape index (κ1) is 22.2. The Morgan fingerprint density at radius 2 is 1.89 bits per heavy atom. The molecule has 0 unspecified atom stereocenters. The number of rotatable bonds is 4. The van der Waals surface area contributed by atoms with Crippen LogP contribution in [0.3, 0.4) is 0 Å². The maximum absolute atomic E-state index is 13.7. The van der Waals surface area contributed by atoms with E-state index in [9.17, 15) is 31.9 Å². The van der Waals surface area contributed by atoms with Gasteiger partial charge in [0.05, 0.1) is 16.8 Å². The van der Waals surface area contributed by atoms with Gasteiger partial charge < -0.3 is 10.1 Å². The highest BCUT2D eigenvalue weighted by Crippen LogP contribution is 2.33.